The highest BCUT2D eigenvalue weighted by molar-refractivity contribution is 6.03. The van der Waals surface area contributed by atoms with E-state index in [1.54, 1.807) is 6.20 Å². The summed E-state index contributed by atoms with van der Waals surface area (Å²) in [7, 11) is 0. The fraction of sp³-hybridized carbons (Fsp3) is 0.357. The van der Waals surface area contributed by atoms with Crippen molar-refractivity contribution >= 4 is 16.9 Å². The average molecular weight is 244 g/mol. The van der Waals surface area contributed by atoms with E-state index >= 15 is 0 Å². The number of hydrogen-bond acceptors (Lipinski definition) is 2. The minimum atomic E-state index is -0.853. The third-order valence-electron chi connectivity index (χ3n) is 3.65. The fourth-order valence-electron chi connectivity index (χ4n) is 2.71. The third-order valence-corrected chi connectivity index (χ3v) is 3.65. The monoisotopic (exact) mass is 244 g/mol. The fourth-order valence-corrected chi connectivity index (χ4v) is 2.71. The normalized spacial score (nSPS) is 19.5. The van der Waals surface area contributed by atoms with Gasteiger partial charge < -0.3 is 15.0 Å². The molecular weight excluding hydrogens is 228 g/mol. The molecular formula is C14H16N2O2. The van der Waals surface area contributed by atoms with Crippen LogP contribution < -0.4 is 5.32 Å². The molecule has 4 nitrogen and oxygen atoms in total. The molecule has 2 N–H and O–H groups in total. The van der Waals surface area contributed by atoms with E-state index < -0.39 is 5.97 Å². The first-order chi connectivity index (χ1) is 8.66. The average Bonchev–Trinajstić information content (AvgIpc) is 2.93. The van der Waals surface area contributed by atoms with Gasteiger partial charge in [-0.1, -0.05) is 12.1 Å². The Labute approximate surface area is 105 Å². The van der Waals surface area contributed by atoms with Crippen LogP contribution in [0.2, 0.25) is 0 Å². The molecule has 1 atom stereocenters. The van der Waals surface area contributed by atoms with Crippen LogP contribution >= 0.6 is 0 Å². The molecule has 1 aromatic carbocycles. The lowest BCUT2D eigenvalue weighted by Crippen LogP contribution is -2.12. The Balaban J connectivity index is 2.23. The third kappa shape index (κ3) is 1.69. The van der Waals surface area contributed by atoms with Crippen LogP contribution in [0, 0.1) is 6.92 Å². The Morgan fingerprint density at radius 1 is 1.50 bits per heavy atom. The second-order valence-corrected chi connectivity index (χ2v) is 4.92. The SMILES string of the molecule is Cc1ccc2c(C(=O)O)cn([C@@H]3CCNC3)c2c1. The summed E-state index contributed by atoms with van der Waals surface area (Å²) in [6.45, 7) is 3.94. The van der Waals surface area contributed by atoms with Gasteiger partial charge in [0, 0.05) is 29.7 Å². The van der Waals surface area contributed by atoms with Crippen LogP contribution in [0.5, 0.6) is 0 Å². The summed E-state index contributed by atoms with van der Waals surface area (Å²) in [4.78, 5) is 11.3. The molecule has 1 aliphatic rings. The molecule has 0 unspecified atom stereocenters. The smallest absolute Gasteiger partial charge is 0.337 e. The number of nitrogens with zero attached hydrogens (tertiary/aromatic N) is 1. The summed E-state index contributed by atoms with van der Waals surface area (Å²) < 4.78 is 2.12. The molecule has 18 heavy (non-hydrogen) atoms. The topological polar surface area (TPSA) is 54.3 Å². The van der Waals surface area contributed by atoms with Crippen LogP contribution in [0.15, 0.2) is 24.4 Å². The lowest BCUT2D eigenvalue weighted by Gasteiger charge is -2.12. The molecule has 2 aromatic rings. The first-order valence-electron chi connectivity index (χ1n) is 6.22. The quantitative estimate of drug-likeness (QED) is 0.851. The maximum Gasteiger partial charge on any atom is 0.337 e. The van der Waals surface area contributed by atoms with E-state index in [2.05, 4.69) is 16.0 Å². The number of aromatic nitrogens is 1. The molecule has 0 bridgehead atoms. The summed E-state index contributed by atoms with van der Waals surface area (Å²) >= 11 is 0. The van der Waals surface area contributed by atoms with Gasteiger partial charge in [0.25, 0.3) is 0 Å². The van der Waals surface area contributed by atoms with Crippen molar-refractivity contribution in [1.29, 1.82) is 0 Å². The van der Waals surface area contributed by atoms with E-state index in [4.69, 9.17) is 0 Å². The second-order valence-electron chi connectivity index (χ2n) is 4.92. The van der Waals surface area contributed by atoms with Crippen molar-refractivity contribution in [1.82, 2.24) is 9.88 Å². The van der Waals surface area contributed by atoms with Crippen LogP contribution in [-0.4, -0.2) is 28.7 Å². The number of rotatable bonds is 2. The summed E-state index contributed by atoms with van der Waals surface area (Å²) in [5, 5.41) is 13.4. The van der Waals surface area contributed by atoms with Crippen molar-refractivity contribution in [2.45, 2.75) is 19.4 Å². The van der Waals surface area contributed by atoms with Gasteiger partial charge in [-0.25, -0.2) is 4.79 Å². The largest absolute Gasteiger partial charge is 0.478 e. The molecule has 0 spiro atoms. The molecule has 94 valence electrons. The van der Waals surface area contributed by atoms with Gasteiger partial charge in [0.1, 0.15) is 0 Å². The Hall–Kier alpha value is -1.81. The summed E-state index contributed by atoms with van der Waals surface area (Å²) in [6, 6.07) is 6.31. The van der Waals surface area contributed by atoms with E-state index in [1.165, 1.54) is 0 Å². The maximum atomic E-state index is 11.3. The Morgan fingerprint density at radius 3 is 3.00 bits per heavy atom. The first-order valence-corrected chi connectivity index (χ1v) is 6.22. The number of fused-ring (bicyclic) bond motifs is 1. The zero-order valence-corrected chi connectivity index (χ0v) is 10.3. The second kappa shape index (κ2) is 4.14. The van der Waals surface area contributed by atoms with Crippen LogP contribution in [0.1, 0.15) is 28.4 Å². The summed E-state index contributed by atoms with van der Waals surface area (Å²) in [6.07, 6.45) is 2.83. The predicted octanol–water partition coefficient (Wildman–Crippen LogP) is 2.18. The van der Waals surface area contributed by atoms with Crippen molar-refractivity contribution in [3.05, 3.63) is 35.5 Å². The molecule has 1 aliphatic heterocycles. The summed E-state index contributed by atoms with van der Waals surface area (Å²) in [5.41, 5.74) is 2.59. The van der Waals surface area contributed by atoms with E-state index in [9.17, 15) is 9.90 Å². The van der Waals surface area contributed by atoms with Crippen molar-refractivity contribution < 1.29 is 9.90 Å². The number of nitrogens with one attached hydrogen (secondary N) is 1. The van der Waals surface area contributed by atoms with E-state index in [1.807, 2.05) is 19.1 Å². The minimum Gasteiger partial charge on any atom is -0.478 e. The zero-order valence-electron chi connectivity index (χ0n) is 10.3. The van der Waals surface area contributed by atoms with Gasteiger partial charge in [-0.15, -0.1) is 0 Å². The molecule has 1 saturated heterocycles. The maximum absolute atomic E-state index is 11.3. The van der Waals surface area contributed by atoms with Gasteiger partial charge in [0.15, 0.2) is 0 Å². The molecule has 1 aromatic heterocycles. The summed E-state index contributed by atoms with van der Waals surface area (Å²) in [5.74, 6) is -0.853. The van der Waals surface area contributed by atoms with Crippen molar-refractivity contribution in [3.8, 4) is 0 Å². The van der Waals surface area contributed by atoms with E-state index in [0.717, 1.165) is 36.0 Å². The van der Waals surface area contributed by atoms with Crippen molar-refractivity contribution in [2.24, 2.45) is 0 Å². The van der Waals surface area contributed by atoms with E-state index in [-0.39, 0.29) is 0 Å². The highest BCUT2D eigenvalue weighted by Crippen LogP contribution is 2.28. The number of aromatic carboxylic acids is 1. The molecule has 0 saturated carbocycles. The van der Waals surface area contributed by atoms with Crippen LogP contribution in [0.4, 0.5) is 0 Å². The van der Waals surface area contributed by atoms with Crippen molar-refractivity contribution in [2.75, 3.05) is 13.1 Å². The Kier molecular flexibility index (Phi) is 2.59. The van der Waals surface area contributed by atoms with Gasteiger partial charge in [0.05, 0.1) is 5.56 Å². The number of carbonyl (C=O) groups is 1. The molecule has 1 fully saturated rings. The van der Waals surface area contributed by atoms with Crippen LogP contribution in [-0.2, 0) is 0 Å². The molecule has 3 rings (SSSR count). The molecule has 0 aliphatic carbocycles. The minimum absolute atomic E-state index is 0.363. The van der Waals surface area contributed by atoms with E-state index in [0.29, 0.717) is 11.6 Å². The highest BCUT2D eigenvalue weighted by atomic mass is 16.4. The first kappa shape index (κ1) is 11.3. The standard InChI is InChI=1S/C14H16N2O2/c1-9-2-3-11-12(14(17)18)8-16(13(11)6-9)10-4-5-15-7-10/h2-3,6,8,10,15H,4-5,7H2,1H3,(H,17,18)/t10-/m1/s1. The van der Waals surface area contributed by atoms with Gasteiger partial charge in [-0.05, 0) is 31.5 Å². The van der Waals surface area contributed by atoms with Gasteiger partial charge in [0.2, 0.25) is 0 Å². The lowest BCUT2D eigenvalue weighted by atomic mass is 10.1. The number of aryl methyl sites for hydroxylation is 1. The Bertz CT molecular complexity index is 610. The zero-order chi connectivity index (χ0) is 12.7. The number of benzene rings is 1. The van der Waals surface area contributed by atoms with Crippen molar-refractivity contribution in [3.63, 3.8) is 0 Å². The molecule has 0 amide bonds. The predicted molar refractivity (Wildman–Crippen MR) is 70.2 cm³/mol. The van der Waals surface area contributed by atoms with Gasteiger partial charge >= 0.3 is 5.97 Å². The molecule has 0 radical (unpaired) electrons. The highest BCUT2D eigenvalue weighted by Gasteiger charge is 2.21. The van der Waals surface area contributed by atoms with Crippen LogP contribution in [0.3, 0.4) is 0 Å². The number of carboxylic acids is 1. The number of carboxylic acid groups (broad SMARTS) is 1. The molecule has 2 heterocycles. The molecule has 4 heteroatoms. The lowest BCUT2D eigenvalue weighted by molar-refractivity contribution is 0.0698. The van der Waals surface area contributed by atoms with Gasteiger partial charge in [-0.2, -0.15) is 0 Å². The Morgan fingerprint density at radius 2 is 2.33 bits per heavy atom. The number of hydrogen-bond donors (Lipinski definition) is 2. The van der Waals surface area contributed by atoms with Gasteiger partial charge in [-0.3, -0.25) is 0 Å². The van der Waals surface area contributed by atoms with Crippen LogP contribution in [0.25, 0.3) is 10.9 Å².